The summed E-state index contributed by atoms with van der Waals surface area (Å²) in [5, 5.41) is 10.0. The zero-order valence-electron chi connectivity index (χ0n) is 7.12. The van der Waals surface area contributed by atoms with Crippen molar-refractivity contribution in [3.05, 3.63) is 41.0 Å². The lowest BCUT2D eigenvalue weighted by Gasteiger charge is -1.91. The summed E-state index contributed by atoms with van der Waals surface area (Å²) in [5.41, 5.74) is 9.86. The predicted octanol–water partition coefficient (Wildman–Crippen LogP) is 2.41. The number of pyridine rings is 1. The summed E-state index contributed by atoms with van der Waals surface area (Å²) in [6.07, 6.45) is 3.36. The topological polar surface area (TPSA) is 90.3 Å². The van der Waals surface area contributed by atoms with Crippen molar-refractivity contribution in [1.82, 2.24) is 15.2 Å². The van der Waals surface area contributed by atoms with Crippen molar-refractivity contribution in [2.24, 2.45) is 5.11 Å². The van der Waals surface area contributed by atoms with E-state index in [0.29, 0.717) is 5.82 Å². The second-order valence-corrected chi connectivity index (χ2v) is 2.56. The van der Waals surface area contributed by atoms with E-state index in [4.69, 9.17) is 5.53 Å². The Morgan fingerprint density at radius 3 is 2.86 bits per heavy atom. The number of aromatic nitrogens is 3. The SMILES string of the molecule is [N-]=[N+]=Nc1cc(-c2ccncc2)n[nH]1. The van der Waals surface area contributed by atoms with E-state index in [1.807, 2.05) is 12.1 Å². The number of azide groups is 1. The maximum absolute atomic E-state index is 8.20. The molecule has 0 fully saturated rings. The molecule has 2 aromatic heterocycles. The fraction of sp³-hybridized carbons (Fsp3) is 0. The summed E-state index contributed by atoms with van der Waals surface area (Å²) in [5.74, 6) is 0.402. The van der Waals surface area contributed by atoms with Crippen LogP contribution >= 0.6 is 0 Å². The molecule has 0 saturated carbocycles. The molecule has 6 heteroatoms. The molecular formula is C8H6N6. The van der Waals surface area contributed by atoms with Crippen molar-refractivity contribution in [2.45, 2.75) is 0 Å². The standard InChI is InChI=1S/C8H6N6/c9-14-13-8-5-7(11-12-8)6-1-3-10-4-2-6/h1-5H,(H,11,12). The van der Waals surface area contributed by atoms with Gasteiger partial charge in [0.2, 0.25) is 0 Å². The minimum atomic E-state index is 0.402. The largest absolute Gasteiger partial charge is 0.275 e. The molecule has 0 aromatic carbocycles. The lowest BCUT2D eigenvalue weighted by molar-refractivity contribution is 1.08. The summed E-state index contributed by atoms with van der Waals surface area (Å²) in [7, 11) is 0. The van der Waals surface area contributed by atoms with Gasteiger partial charge in [-0.3, -0.25) is 10.1 Å². The first kappa shape index (κ1) is 8.28. The van der Waals surface area contributed by atoms with Gasteiger partial charge in [-0.2, -0.15) is 5.10 Å². The Balaban J connectivity index is 2.39. The smallest absolute Gasteiger partial charge is 0.122 e. The van der Waals surface area contributed by atoms with Gasteiger partial charge in [0.15, 0.2) is 0 Å². The van der Waals surface area contributed by atoms with Crippen molar-refractivity contribution >= 4 is 5.82 Å². The van der Waals surface area contributed by atoms with Crippen LogP contribution in [-0.2, 0) is 0 Å². The van der Waals surface area contributed by atoms with Crippen LogP contribution in [0.5, 0.6) is 0 Å². The van der Waals surface area contributed by atoms with Crippen molar-refractivity contribution in [3.8, 4) is 11.3 Å². The first-order chi connectivity index (χ1) is 6.90. The molecule has 6 nitrogen and oxygen atoms in total. The van der Waals surface area contributed by atoms with E-state index in [-0.39, 0.29) is 0 Å². The van der Waals surface area contributed by atoms with Crippen LogP contribution in [-0.4, -0.2) is 15.2 Å². The van der Waals surface area contributed by atoms with Crippen molar-refractivity contribution in [2.75, 3.05) is 0 Å². The van der Waals surface area contributed by atoms with E-state index in [1.165, 1.54) is 0 Å². The van der Waals surface area contributed by atoms with E-state index in [9.17, 15) is 0 Å². The third-order valence-electron chi connectivity index (χ3n) is 1.69. The van der Waals surface area contributed by atoms with E-state index < -0.39 is 0 Å². The molecule has 0 radical (unpaired) electrons. The summed E-state index contributed by atoms with van der Waals surface area (Å²) in [6.45, 7) is 0. The minimum Gasteiger partial charge on any atom is -0.275 e. The molecule has 2 heterocycles. The zero-order chi connectivity index (χ0) is 9.80. The normalized spacial score (nSPS) is 9.43. The highest BCUT2D eigenvalue weighted by atomic mass is 15.2. The first-order valence-electron chi connectivity index (χ1n) is 3.91. The Labute approximate surface area is 79.2 Å². The number of hydrogen-bond donors (Lipinski definition) is 1. The quantitative estimate of drug-likeness (QED) is 0.443. The van der Waals surface area contributed by atoms with Gasteiger partial charge in [-0.25, -0.2) is 0 Å². The molecule has 0 aliphatic carbocycles. The number of nitrogens with zero attached hydrogens (tertiary/aromatic N) is 5. The van der Waals surface area contributed by atoms with Gasteiger partial charge in [0, 0.05) is 22.9 Å². The molecular weight excluding hydrogens is 180 g/mol. The highest BCUT2D eigenvalue weighted by Gasteiger charge is 2.00. The number of hydrogen-bond acceptors (Lipinski definition) is 3. The van der Waals surface area contributed by atoms with E-state index in [0.717, 1.165) is 11.3 Å². The molecule has 2 aromatic rings. The lowest BCUT2D eigenvalue weighted by Crippen LogP contribution is -1.77. The maximum Gasteiger partial charge on any atom is 0.122 e. The fourth-order valence-electron chi connectivity index (χ4n) is 1.08. The molecule has 0 aliphatic heterocycles. The second-order valence-electron chi connectivity index (χ2n) is 2.56. The van der Waals surface area contributed by atoms with Gasteiger partial charge in [0.05, 0.1) is 5.69 Å². The van der Waals surface area contributed by atoms with Gasteiger partial charge in [0.25, 0.3) is 0 Å². The molecule has 0 aliphatic rings. The van der Waals surface area contributed by atoms with Crippen LogP contribution in [0.2, 0.25) is 0 Å². The molecule has 0 amide bonds. The third kappa shape index (κ3) is 1.55. The van der Waals surface area contributed by atoms with Crippen LogP contribution in [0.15, 0.2) is 35.7 Å². The van der Waals surface area contributed by atoms with Crippen molar-refractivity contribution < 1.29 is 0 Å². The van der Waals surface area contributed by atoms with Gasteiger partial charge >= 0.3 is 0 Å². The number of aromatic amines is 1. The van der Waals surface area contributed by atoms with Crippen LogP contribution < -0.4 is 0 Å². The molecule has 1 N–H and O–H groups in total. The van der Waals surface area contributed by atoms with Crippen LogP contribution in [0.1, 0.15) is 0 Å². The monoisotopic (exact) mass is 186 g/mol. The summed E-state index contributed by atoms with van der Waals surface area (Å²) in [4.78, 5) is 6.55. The van der Waals surface area contributed by atoms with Crippen LogP contribution in [0.25, 0.3) is 21.7 Å². The number of H-pyrrole nitrogens is 1. The molecule has 14 heavy (non-hydrogen) atoms. The Hall–Kier alpha value is -2.33. The highest BCUT2D eigenvalue weighted by molar-refractivity contribution is 5.60. The molecule has 0 unspecified atom stereocenters. The van der Waals surface area contributed by atoms with E-state index in [2.05, 4.69) is 25.2 Å². The van der Waals surface area contributed by atoms with Gasteiger partial charge in [-0.05, 0) is 28.8 Å². The van der Waals surface area contributed by atoms with E-state index >= 15 is 0 Å². The molecule has 0 bridgehead atoms. The number of nitrogens with one attached hydrogen (secondary N) is 1. The van der Waals surface area contributed by atoms with Crippen molar-refractivity contribution in [1.29, 1.82) is 0 Å². The Morgan fingerprint density at radius 2 is 2.14 bits per heavy atom. The molecule has 0 spiro atoms. The van der Waals surface area contributed by atoms with Gasteiger partial charge in [-0.1, -0.05) is 0 Å². The summed E-state index contributed by atoms with van der Waals surface area (Å²) < 4.78 is 0. The van der Waals surface area contributed by atoms with Gasteiger partial charge < -0.3 is 0 Å². The van der Waals surface area contributed by atoms with Crippen molar-refractivity contribution in [3.63, 3.8) is 0 Å². The third-order valence-corrected chi connectivity index (χ3v) is 1.69. The lowest BCUT2D eigenvalue weighted by atomic mass is 10.2. The fourth-order valence-corrected chi connectivity index (χ4v) is 1.08. The molecule has 0 atom stereocenters. The number of rotatable bonds is 2. The Bertz CT molecular complexity index is 468. The van der Waals surface area contributed by atoms with Gasteiger partial charge in [-0.15, -0.1) is 0 Å². The first-order valence-corrected chi connectivity index (χ1v) is 3.91. The summed E-state index contributed by atoms with van der Waals surface area (Å²) in [6, 6.07) is 5.33. The van der Waals surface area contributed by atoms with Crippen LogP contribution in [0.3, 0.4) is 0 Å². The Morgan fingerprint density at radius 1 is 1.36 bits per heavy atom. The average molecular weight is 186 g/mol. The highest BCUT2D eigenvalue weighted by Crippen LogP contribution is 2.19. The molecule has 0 saturated heterocycles. The van der Waals surface area contributed by atoms with E-state index in [1.54, 1.807) is 18.5 Å². The Kier molecular flexibility index (Phi) is 2.12. The van der Waals surface area contributed by atoms with Crippen LogP contribution in [0, 0.1) is 0 Å². The molecule has 2 rings (SSSR count). The molecule has 68 valence electrons. The maximum atomic E-state index is 8.20. The summed E-state index contributed by atoms with van der Waals surface area (Å²) >= 11 is 0. The zero-order valence-corrected chi connectivity index (χ0v) is 7.12. The predicted molar refractivity (Wildman–Crippen MR) is 50.6 cm³/mol. The van der Waals surface area contributed by atoms with Crippen LogP contribution in [0.4, 0.5) is 5.82 Å². The average Bonchev–Trinajstić information content (AvgIpc) is 2.68. The second kappa shape index (κ2) is 3.59. The minimum absolute atomic E-state index is 0.402. The van der Waals surface area contributed by atoms with Gasteiger partial charge in [0.1, 0.15) is 5.82 Å².